The van der Waals surface area contributed by atoms with Crippen molar-refractivity contribution in [3.8, 4) is 0 Å². The lowest BCUT2D eigenvalue weighted by Crippen LogP contribution is -2.45. The van der Waals surface area contributed by atoms with Gasteiger partial charge in [0.2, 0.25) is 0 Å². The third kappa shape index (κ3) is 5.44. The van der Waals surface area contributed by atoms with Crippen LogP contribution in [0.4, 0.5) is 0 Å². The molecule has 1 atom stereocenters. The van der Waals surface area contributed by atoms with Gasteiger partial charge in [0, 0.05) is 18.0 Å². The summed E-state index contributed by atoms with van der Waals surface area (Å²) in [6.45, 7) is 1.67. The van der Waals surface area contributed by atoms with Crippen LogP contribution in [-0.2, 0) is 9.53 Å². The highest BCUT2D eigenvalue weighted by molar-refractivity contribution is 7.99. The number of hydrogen-bond donors (Lipinski definition) is 2. The highest BCUT2D eigenvalue weighted by atomic mass is 32.2. The van der Waals surface area contributed by atoms with Crippen LogP contribution < -0.4 is 11.3 Å². The number of carbonyl (C=O) groups is 1. The molecular weight excluding hydrogens is 266 g/mol. The van der Waals surface area contributed by atoms with Crippen LogP contribution in [0.1, 0.15) is 26.2 Å². The lowest BCUT2D eigenvalue weighted by Gasteiger charge is -2.20. The van der Waals surface area contributed by atoms with Crippen LogP contribution in [0.25, 0.3) is 0 Å². The molecule has 0 aromatic carbocycles. The molecule has 1 aromatic heterocycles. The molecule has 1 unspecified atom stereocenters. The first-order valence-corrected chi connectivity index (χ1v) is 7.00. The molecule has 0 fully saturated rings. The van der Waals surface area contributed by atoms with Gasteiger partial charge in [0.15, 0.2) is 5.16 Å². The Morgan fingerprint density at radius 1 is 1.58 bits per heavy atom. The summed E-state index contributed by atoms with van der Waals surface area (Å²) in [5.41, 5.74) is 4.76. The minimum atomic E-state index is -0.932. The number of nitrogens with zero attached hydrogens (tertiary/aromatic N) is 1. The molecule has 0 bridgehead atoms. The van der Waals surface area contributed by atoms with Crippen LogP contribution in [0.5, 0.6) is 0 Å². The smallest absolute Gasteiger partial charge is 0.325 e. The average molecular weight is 285 g/mol. The summed E-state index contributed by atoms with van der Waals surface area (Å²) in [5, 5.41) is 0.607. The summed E-state index contributed by atoms with van der Waals surface area (Å²) in [6.07, 6.45) is 3.74. The molecule has 19 heavy (non-hydrogen) atoms. The number of unbranched alkanes of at least 4 members (excludes halogenated alkanes) is 1. The second-order valence-electron chi connectivity index (χ2n) is 4.45. The Balaban J connectivity index is 2.25. The number of esters is 1. The third-order valence-corrected chi connectivity index (χ3v) is 3.60. The maximum atomic E-state index is 11.4. The van der Waals surface area contributed by atoms with Gasteiger partial charge >= 0.3 is 5.97 Å². The van der Waals surface area contributed by atoms with Crippen molar-refractivity contribution in [2.75, 3.05) is 12.9 Å². The molecule has 1 heterocycles. The second kappa shape index (κ2) is 7.30. The van der Waals surface area contributed by atoms with Crippen LogP contribution in [-0.4, -0.2) is 34.3 Å². The van der Waals surface area contributed by atoms with E-state index in [1.54, 1.807) is 6.92 Å². The third-order valence-electron chi connectivity index (χ3n) is 2.63. The van der Waals surface area contributed by atoms with Gasteiger partial charge in [-0.25, -0.2) is 4.98 Å². The number of hydrogen-bond acceptors (Lipinski definition) is 6. The number of methoxy groups -OCH3 is 1. The van der Waals surface area contributed by atoms with Gasteiger partial charge in [0.25, 0.3) is 5.56 Å². The molecule has 0 aliphatic carbocycles. The summed E-state index contributed by atoms with van der Waals surface area (Å²) < 4.78 is 4.64. The van der Waals surface area contributed by atoms with Crippen LogP contribution in [0.3, 0.4) is 0 Å². The number of thioether (sulfide) groups is 1. The molecule has 0 aliphatic rings. The highest BCUT2D eigenvalue weighted by Crippen LogP contribution is 2.17. The summed E-state index contributed by atoms with van der Waals surface area (Å²) in [7, 11) is 1.33. The van der Waals surface area contributed by atoms with Crippen molar-refractivity contribution in [2.45, 2.75) is 36.9 Å². The van der Waals surface area contributed by atoms with E-state index in [4.69, 9.17) is 5.73 Å². The fourth-order valence-corrected chi connectivity index (χ4v) is 2.37. The Hall–Kier alpha value is -1.34. The average Bonchev–Trinajstić information content (AvgIpc) is 2.37. The first-order chi connectivity index (χ1) is 8.95. The van der Waals surface area contributed by atoms with Gasteiger partial charge in [-0.15, -0.1) is 0 Å². The molecule has 1 rings (SSSR count). The zero-order valence-electron chi connectivity index (χ0n) is 11.1. The maximum Gasteiger partial charge on any atom is 0.325 e. The van der Waals surface area contributed by atoms with E-state index in [1.165, 1.54) is 31.1 Å². The van der Waals surface area contributed by atoms with Gasteiger partial charge in [-0.1, -0.05) is 18.2 Å². The van der Waals surface area contributed by atoms with Crippen molar-refractivity contribution in [3.63, 3.8) is 0 Å². The Labute approximate surface area is 116 Å². The molecule has 0 amide bonds. The van der Waals surface area contributed by atoms with Crippen molar-refractivity contribution >= 4 is 17.7 Å². The molecule has 0 aliphatic heterocycles. The number of rotatable bonds is 7. The molecule has 6 nitrogen and oxygen atoms in total. The number of ether oxygens (including phenoxy) is 1. The van der Waals surface area contributed by atoms with Gasteiger partial charge in [-0.2, -0.15) is 0 Å². The normalized spacial score (nSPS) is 13.8. The van der Waals surface area contributed by atoms with Gasteiger partial charge in [-0.05, 0) is 19.8 Å². The molecule has 1 aromatic rings. The SMILES string of the molecule is COC(=O)C(C)(N)CCCCSc1nccc(=O)[nH]1. The predicted octanol–water partition coefficient (Wildman–Crippen LogP) is 0.923. The van der Waals surface area contributed by atoms with Crippen molar-refractivity contribution < 1.29 is 9.53 Å². The van der Waals surface area contributed by atoms with Gasteiger partial charge in [-0.3, -0.25) is 9.59 Å². The van der Waals surface area contributed by atoms with E-state index in [0.29, 0.717) is 11.6 Å². The molecule has 3 N–H and O–H groups in total. The molecule has 0 spiro atoms. The zero-order valence-corrected chi connectivity index (χ0v) is 12.0. The van der Waals surface area contributed by atoms with E-state index in [9.17, 15) is 9.59 Å². The molecule has 106 valence electrons. The van der Waals surface area contributed by atoms with Crippen LogP contribution >= 0.6 is 11.8 Å². The number of H-pyrrole nitrogens is 1. The highest BCUT2D eigenvalue weighted by Gasteiger charge is 2.28. The standard InChI is InChI=1S/C12H19N3O3S/c1-12(13,10(17)18-2)6-3-4-8-19-11-14-7-5-9(16)15-11/h5,7H,3-4,6,8,13H2,1-2H3,(H,14,15,16). The molecule has 0 saturated carbocycles. The number of aromatic nitrogens is 2. The molecule has 7 heteroatoms. The first kappa shape index (κ1) is 15.7. The van der Waals surface area contributed by atoms with Gasteiger partial charge in [0.1, 0.15) is 5.54 Å². The van der Waals surface area contributed by atoms with E-state index in [-0.39, 0.29) is 5.56 Å². The van der Waals surface area contributed by atoms with Crippen molar-refractivity contribution in [2.24, 2.45) is 5.73 Å². The van der Waals surface area contributed by atoms with Crippen LogP contribution in [0.2, 0.25) is 0 Å². The van der Waals surface area contributed by atoms with Gasteiger partial charge < -0.3 is 15.5 Å². The fraction of sp³-hybridized carbons (Fsp3) is 0.583. The van der Waals surface area contributed by atoms with E-state index in [2.05, 4.69) is 14.7 Å². The second-order valence-corrected chi connectivity index (χ2v) is 5.54. The molecule has 0 saturated heterocycles. The van der Waals surface area contributed by atoms with Crippen molar-refractivity contribution in [3.05, 3.63) is 22.6 Å². The monoisotopic (exact) mass is 285 g/mol. The topological polar surface area (TPSA) is 98.1 Å². The lowest BCUT2D eigenvalue weighted by molar-refractivity contribution is -0.146. The number of nitrogens with two attached hydrogens (primary N) is 1. The Kier molecular flexibility index (Phi) is 6.04. The Morgan fingerprint density at radius 2 is 2.32 bits per heavy atom. The quantitative estimate of drug-likeness (QED) is 0.334. The van der Waals surface area contributed by atoms with Crippen molar-refractivity contribution in [1.29, 1.82) is 0 Å². The number of nitrogens with one attached hydrogen (secondary N) is 1. The van der Waals surface area contributed by atoms with E-state index < -0.39 is 11.5 Å². The summed E-state index contributed by atoms with van der Waals surface area (Å²) in [4.78, 5) is 29.1. The number of aromatic amines is 1. The minimum absolute atomic E-state index is 0.155. The number of carbonyl (C=O) groups excluding carboxylic acids is 1. The van der Waals surface area contributed by atoms with Crippen LogP contribution in [0, 0.1) is 0 Å². The van der Waals surface area contributed by atoms with Gasteiger partial charge in [0.05, 0.1) is 7.11 Å². The minimum Gasteiger partial charge on any atom is -0.468 e. The zero-order chi connectivity index (χ0) is 14.3. The first-order valence-electron chi connectivity index (χ1n) is 6.01. The summed E-state index contributed by atoms with van der Waals surface area (Å²) in [5.74, 6) is 0.415. The fourth-order valence-electron chi connectivity index (χ4n) is 1.52. The lowest BCUT2D eigenvalue weighted by atomic mass is 9.97. The predicted molar refractivity (Wildman–Crippen MR) is 74.0 cm³/mol. The molecule has 0 radical (unpaired) electrons. The summed E-state index contributed by atoms with van der Waals surface area (Å²) in [6, 6.07) is 1.38. The van der Waals surface area contributed by atoms with Crippen molar-refractivity contribution in [1.82, 2.24) is 9.97 Å². The van der Waals surface area contributed by atoms with E-state index in [1.807, 2.05) is 0 Å². The summed E-state index contributed by atoms with van der Waals surface area (Å²) >= 11 is 1.48. The Bertz CT molecular complexity index is 473. The molecular formula is C12H19N3O3S. The Morgan fingerprint density at radius 3 is 2.95 bits per heavy atom. The maximum absolute atomic E-state index is 11.4. The van der Waals surface area contributed by atoms with Crippen LogP contribution in [0.15, 0.2) is 22.2 Å². The van der Waals surface area contributed by atoms with E-state index in [0.717, 1.165) is 18.6 Å². The largest absolute Gasteiger partial charge is 0.468 e. The van der Waals surface area contributed by atoms with E-state index >= 15 is 0 Å².